The third-order valence-corrected chi connectivity index (χ3v) is 4.99. The van der Waals surface area contributed by atoms with E-state index in [1.165, 1.54) is 0 Å². The van der Waals surface area contributed by atoms with Crippen molar-refractivity contribution in [3.05, 3.63) is 23.8 Å². The van der Waals surface area contributed by atoms with Crippen LogP contribution in [0.3, 0.4) is 0 Å². The van der Waals surface area contributed by atoms with Crippen molar-refractivity contribution in [3.8, 4) is 6.07 Å². The van der Waals surface area contributed by atoms with E-state index in [1.807, 2.05) is 6.07 Å². The number of anilines is 1. The lowest BCUT2D eigenvalue weighted by Crippen LogP contribution is -2.35. The van der Waals surface area contributed by atoms with Crippen molar-refractivity contribution in [3.63, 3.8) is 0 Å². The fourth-order valence-corrected chi connectivity index (χ4v) is 3.75. The molecule has 0 unspecified atom stereocenters. The van der Waals surface area contributed by atoms with Crippen molar-refractivity contribution in [2.45, 2.75) is 30.2 Å². The molecule has 0 radical (unpaired) electrons. The van der Waals surface area contributed by atoms with Crippen molar-refractivity contribution >= 4 is 15.7 Å². The number of nitriles is 1. The lowest BCUT2D eigenvalue weighted by Gasteiger charge is -2.21. The van der Waals surface area contributed by atoms with Gasteiger partial charge in [0, 0.05) is 24.7 Å². The van der Waals surface area contributed by atoms with E-state index in [2.05, 4.69) is 0 Å². The summed E-state index contributed by atoms with van der Waals surface area (Å²) in [5.74, 6) is -2.43. The second-order valence-corrected chi connectivity index (χ2v) is 6.40. The summed E-state index contributed by atoms with van der Waals surface area (Å²) in [6.45, 7) is -0.0766. The minimum Gasteiger partial charge on any atom is -0.399 e. The van der Waals surface area contributed by atoms with Crippen molar-refractivity contribution in [1.82, 2.24) is 4.31 Å². The van der Waals surface area contributed by atoms with E-state index in [4.69, 9.17) is 11.0 Å². The monoisotopic (exact) mass is 301 g/mol. The second kappa shape index (κ2) is 5.34. The number of hydrogen-bond acceptors (Lipinski definition) is 4. The third kappa shape index (κ3) is 2.73. The number of nitrogens with two attached hydrogens (primary N) is 1. The molecule has 0 aliphatic heterocycles. The molecule has 108 valence electrons. The zero-order valence-corrected chi connectivity index (χ0v) is 11.3. The number of sulfonamides is 1. The smallest absolute Gasteiger partial charge is 0.249 e. The van der Waals surface area contributed by atoms with Crippen LogP contribution in [-0.4, -0.2) is 25.3 Å². The van der Waals surface area contributed by atoms with Gasteiger partial charge in [-0.3, -0.25) is 0 Å². The Labute approximate surface area is 115 Å². The molecule has 1 saturated carbocycles. The Morgan fingerprint density at radius 1 is 1.35 bits per heavy atom. The summed E-state index contributed by atoms with van der Waals surface area (Å²) in [6, 6.07) is 3.08. The molecule has 0 heterocycles. The summed E-state index contributed by atoms with van der Waals surface area (Å²) in [4.78, 5) is -1.00. The molecule has 8 heteroatoms. The van der Waals surface area contributed by atoms with E-state index in [1.54, 1.807) is 0 Å². The SMILES string of the molecule is N#CCCN(C1CC1)S(=O)(=O)c1c(F)cc(N)cc1F. The fraction of sp³-hybridized carbons (Fsp3) is 0.417. The number of halogens is 2. The highest BCUT2D eigenvalue weighted by molar-refractivity contribution is 7.89. The molecular weight excluding hydrogens is 288 g/mol. The first-order chi connectivity index (χ1) is 9.37. The summed E-state index contributed by atoms with van der Waals surface area (Å²) >= 11 is 0. The van der Waals surface area contributed by atoms with Gasteiger partial charge in [-0.05, 0) is 25.0 Å². The van der Waals surface area contributed by atoms with Crippen LogP contribution in [0.5, 0.6) is 0 Å². The van der Waals surface area contributed by atoms with Crippen LogP contribution in [0.25, 0.3) is 0 Å². The van der Waals surface area contributed by atoms with Gasteiger partial charge < -0.3 is 5.73 Å². The number of rotatable bonds is 5. The van der Waals surface area contributed by atoms with Gasteiger partial charge in [0.2, 0.25) is 10.0 Å². The minimum absolute atomic E-state index is 0.0338. The third-order valence-electron chi connectivity index (χ3n) is 2.99. The highest BCUT2D eigenvalue weighted by Crippen LogP contribution is 2.34. The summed E-state index contributed by atoms with van der Waals surface area (Å²) in [5.41, 5.74) is 5.08. The zero-order chi connectivity index (χ0) is 14.9. The number of nitrogen functional groups attached to an aromatic ring is 1. The maximum atomic E-state index is 13.8. The topological polar surface area (TPSA) is 87.2 Å². The molecule has 20 heavy (non-hydrogen) atoms. The molecule has 0 saturated heterocycles. The summed E-state index contributed by atoms with van der Waals surface area (Å²) in [6.07, 6.45) is 1.22. The molecule has 2 N–H and O–H groups in total. The Morgan fingerprint density at radius 3 is 2.35 bits per heavy atom. The maximum absolute atomic E-state index is 13.8. The quantitative estimate of drug-likeness (QED) is 0.837. The van der Waals surface area contributed by atoms with E-state index in [9.17, 15) is 17.2 Å². The Hall–Kier alpha value is -1.72. The van der Waals surface area contributed by atoms with Crippen LogP contribution in [0, 0.1) is 23.0 Å². The molecular formula is C12H13F2N3O2S. The van der Waals surface area contributed by atoms with E-state index in [-0.39, 0.29) is 24.7 Å². The molecule has 1 aliphatic rings. The Kier molecular flexibility index (Phi) is 3.92. The molecule has 5 nitrogen and oxygen atoms in total. The van der Waals surface area contributed by atoms with Crippen LogP contribution in [0.15, 0.2) is 17.0 Å². The average molecular weight is 301 g/mol. The van der Waals surface area contributed by atoms with Gasteiger partial charge >= 0.3 is 0 Å². The highest BCUT2D eigenvalue weighted by Gasteiger charge is 2.40. The normalized spacial score (nSPS) is 15.3. The first kappa shape index (κ1) is 14.7. The van der Waals surface area contributed by atoms with E-state index in [0.717, 1.165) is 16.4 Å². The van der Waals surface area contributed by atoms with Crippen LogP contribution in [-0.2, 0) is 10.0 Å². The Bertz CT molecular complexity index is 643. The van der Waals surface area contributed by atoms with E-state index >= 15 is 0 Å². The van der Waals surface area contributed by atoms with Gasteiger partial charge in [0.1, 0.15) is 11.6 Å². The Balaban J connectivity index is 2.46. The first-order valence-corrected chi connectivity index (χ1v) is 7.45. The molecule has 2 rings (SSSR count). The molecule has 1 fully saturated rings. The van der Waals surface area contributed by atoms with Crippen LogP contribution >= 0.6 is 0 Å². The molecule has 0 amide bonds. The van der Waals surface area contributed by atoms with Gasteiger partial charge in [-0.15, -0.1) is 0 Å². The van der Waals surface area contributed by atoms with Gasteiger partial charge in [-0.25, -0.2) is 17.2 Å². The van der Waals surface area contributed by atoms with Crippen LogP contribution in [0.4, 0.5) is 14.5 Å². The van der Waals surface area contributed by atoms with Gasteiger partial charge in [-0.2, -0.15) is 9.57 Å². The maximum Gasteiger partial charge on any atom is 0.249 e. The second-order valence-electron chi connectivity index (χ2n) is 4.57. The average Bonchev–Trinajstić information content (AvgIpc) is 3.11. The van der Waals surface area contributed by atoms with Gasteiger partial charge in [0.05, 0.1) is 6.07 Å². The molecule has 0 spiro atoms. The summed E-state index contributed by atoms with van der Waals surface area (Å²) in [5, 5.41) is 8.56. The van der Waals surface area contributed by atoms with Crippen LogP contribution in [0.2, 0.25) is 0 Å². The molecule has 1 aromatic rings. The first-order valence-electron chi connectivity index (χ1n) is 6.01. The van der Waals surface area contributed by atoms with Crippen molar-refractivity contribution in [1.29, 1.82) is 5.26 Å². The van der Waals surface area contributed by atoms with Crippen LogP contribution in [0.1, 0.15) is 19.3 Å². The molecule has 0 bridgehead atoms. The number of nitrogens with zero attached hydrogens (tertiary/aromatic N) is 2. The molecule has 0 atom stereocenters. The lowest BCUT2D eigenvalue weighted by molar-refractivity contribution is 0.401. The zero-order valence-electron chi connectivity index (χ0n) is 10.5. The number of benzene rings is 1. The van der Waals surface area contributed by atoms with E-state index < -0.39 is 26.6 Å². The molecule has 1 aliphatic carbocycles. The fourth-order valence-electron chi connectivity index (χ4n) is 1.96. The lowest BCUT2D eigenvalue weighted by atomic mass is 10.3. The highest BCUT2D eigenvalue weighted by atomic mass is 32.2. The predicted octanol–water partition coefficient (Wildman–Crippen LogP) is 1.61. The summed E-state index contributed by atoms with van der Waals surface area (Å²) < 4.78 is 53.3. The van der Waals surface area contributed by atoms with Gasteiger partial charge in [-0.1, -0.05) is 0 Å². The number of hydrogen-bond donors (Lipinski definition) is 1. The summed E-state index contributed by atoms with van der Waals surface area (Å²) in [7, 11) is -4.31. The molecule has 1 aromatic carbocycles. The Morgan fingerprint density at radius 2 is 1.90 bits per heavy atom. The van der Waals surface area contributed by atoms with Gasteiger partial charge in [0.15, 0.2) is 4.90 Å². The molecule has 0 aromatic heterocycles. The van der Waals surface area contributed by atoms with Crippen molar-refractivity contribution in [2.24, 2.45) is 0 Å². The minimum atomic E-state index is -4.31. The standard InChI is InChI=1S/C12H13F2N3O2S/c13-10-6-8(16)7-11(14)12(10)20(18,19)17(5-1-4-15)9-2-3-9/h6-7,9H,1-3,5,16H2. The largest absolute Gasteiger partial charge is 0.399 e. The predicted molar refractivity (Wildman–Crippen MR) is 67.9 cm³/mol. The van der Waals surface area contributed by atoms with Gasteiger partial charge in [0.25, 0.3) is 0 Å². The van der Waals surface area contributed by atoms with Crippen molar-refractivity contribution < 1.29 is 17.2 Å². The van der Waals surface area contributed by atoms with E-state index in [0.29, 0.717) is 12.8 Å². The van der Waals surface area contributed by atoms with Crippen LogP contribution < -0.4 is 5.73 Å². The van der Waals surface area contributed by atoms with Crippen molar-refractivity contribution in [2.75, 3.05) is 12.3 Å².